The number of nitrogens with zero attached hydrogens (tertiary/aromatic N) is 1. The number of anilines is 1. The summed E-state index contributed by atoms with van der Waals surface area (Å²) in [6.45, 7) is 6.59. The fourth-order valence-electron chi connectivity index (χ4n) is 3.74. The SMILES string of the molecule is Cc1nc(NC(C)C2CC3CCC2C3)sc1C. The minimum absolute atomic E-state index is 0.593. The highest BCUT2D eigenvalue weighted by atomic mass is 32.1. The lowest BCUT2D eigenvalue weighted by atomic mass is 9.84. The third kappa shape index (κ3) is 2.10. The highest BCUT2D eigenvalue weighted by molar-refractivity contribution is 7.15. The van der Waals surface area contributed by atoms with Crippen molar-refractivity contribution < 1.29 is 0 Å². The molecule has 1 aromatic heterocycles. The lowest BCUT2D eigenvalue weighted by Crippen LogP contribution is -2.29. The molecule has 4 unspecified atom stereocenters. The molecule has 0 spiro atoms. The Labute approximate surface area is 108 Å². The van der Waals surface area contributed by atoms with Gasteiger partial charge in [0, 0.05) is 10.9 Å². The van der Waals surface area contributed by atoms with Crippen LogP contribution < -0.4 is 5.32 Å². The first-order valence-corrected chi connectivity index (χ1v) is 7.65. The van der Waals surface area contributed by atoms with E-state index in [9.17, 15) is 0 Å². The molecule has 17 heavy (non-hydrogen) atoms. The van der Waals surface area contributed by atoms with Crippen LogP contribution in [0.25, 0.3) is 0 Å². The van der Waals surface area contributed by atoms with Gasteiger partial charge in [-0.05, 0) is 57.8 Å². The molecular formula is C14H22N2S. The second kappa shape index (κ2) is 4.27. The topological polar surface area (TPSA) is 24.9 Å². The fraction of sp³-hybridized carbons (Fsp3) is 0.786. The van der Waals surface area contributed by atoms with E-state index in [0.29, 0.717) is 6.04 Å². The van der Waals surface area contributed by atoms with E-state index in [-0.39, 0.29) is 0 Å². The van der Waals surface area contributed by atoms with Crippen molar-refractivity contribution in [3.63, 3.8) is 0 Å². The molecule has 0 aliphatic heterocycles. The van der Waals surface area contributed by atoms with Crippen LogP contribution in [0.3, 0.4) is 0 Å². The van der Waals surface area contributed by atoms with Crippen LogP contribution in [0.15, 0.2) is 0 Å². The second-order valence-electron chi connectivity index (χ2n) is 5.93. The zero-order valence-electron chi connectivity index (χ0n) is 11.0. The molecule has 2 fully saturated rings. The van der Waals surface area contributed by atoms with Gasteiger partial charge in [0.2, 0.25) is 0 Å². The van der Waals surface area contributed by atoms with Gasteiger partial charge in [-0.2, -0.15) is 0 Å². The molecule has 2 aliphatic carbocycles. The standard InChI is InChI=1S/C14H22N2S/c1-8-10(3)17-14(15-8)16-9(2)13-7-11-4-5-12(13)6-11/h9,11-13H,4-7H2,1-3H3,(H,15,16). The average molecular weight is 250 g/mol. The number of aromatic nitrogens is 1. The summed E-state index contributed by atoms with van der Waals surface area (Å²) in [5.74, 6) is 2.91. The highest BCUT2D eigenvalue weighted by Gasteiger charge is 2.41. The van der Waals surface area contributed by atoms with Gasteiger partial charge in [0.15, 0.2) is 5.13 Å². The molecule has 1 N–H and O–H groups in total. The maximum atomic E-state index is 4.59. The summed E-state index contributed by atoms with van der Waals surface area (Å²) >= 11 is 1.80. The van der Waals surface area contributed by atoms with Crippen molar-refractivity contribution in [2.45, 2.75) is 52.5 Å². The van der Waals surface area contributed by atoms with E-state index in [1.165, 1.54) is 36.3 Å². The molecule has 2 bridgehead atoms. The Morgan fingerprint density at radius 1 is 1.29 bits per heavy atom. The van der Waals surface area contributed by atoms with Gasteiger partial charge in [-0.3, -0.25) is 0 Å². The van der Waals surface area contributed by atoms with Gasteiger partial charge in [0.25, 0.3) is 0 Å². The van der Waals surface area contributed by atoms with Gasteiger partial charge in [0.1, 0.15) is 0 Å². The maximum absolute atomic E-state index is 4.59. The number of nitrogens with one attached hydrogen (secondary N) is 1. The Hall–Kier alpha value is -0.570. The molecule has 1 heterocycles. The lowest BCUT2D eigenvalue weighted by Gasteiger charge is -2.28. The van der Waals surface area contributed by atoms with Gasteiger partial charge in [0.05, 0.1) is 5.69 Å². The third-order valence-electron chi connectivity index (χ3n) is 4.81. The molecule has 0 radical (unpaired) electrons. The largest absolute Gasteiger partial charge is 0.359 e. The van der Waals surface area contributed by atoms with Gasteiger partial charge < -0.3 is 5.32 Å². The normalized spacial score (nSPS) is 33.0. The third-order valence-corrected chi connectivity index (χ3v) is 5.82. The van der Waals surface area contributed by atoms with Gasteiger partial charge in [-0.1, -0.05) is 6.42 Å². The Balaban J connectivity index is 1.65. The summed E-state index contributed by atoms with van der Waals surface area (Å²) in [5, 5.41) is 4.76. The summed E-state index contributed by atoms with van der Waals surface area (Å²) in [5.41, 5.74) is 1.18. The number of hydrogen-bond acceptors (Lipinski definition) is 3. The van der Waals surface area contributed by atoms with Crippen molar-refractivity contribution in [1.82, 2.24) is 4.98 Å². The molecule has 0 amide bonds. The van der Waals surface area contributed by atoms with E-state index in [2.05, 4.69) is 31.1 Å². The minimum Gasteiger partial charge on any atom is -0.359 e. The van der Waals surface area contributed by atoms with Crippen molar-refractivity contribution in [2.24, 2.45) is 17.8 Å². The summed E-state index contributed by atoms with van der Waals surface area (Å²) in [6, 6.07) is 0.593. The van der Waals surface area contributed by atoms with E-state index >= 15 is 0 Å². The van der Waals surface area contributed by atoms with Crippen LogP contribution in [0.1, 0.15) is 43.2 Å². The number of rotatable bonds is 3. The molecular weight excluding hydrogens is 228 g/mol. The Morgan fingerprint density at radius 3 is 2.65 bits per heavy atom. The zero-order valence-corrected chi connectivity index (χ0v) is 11.8. The lowest BCUT2D eigenvalue weighted by molar-refractivity contribution is 0.304. The highest BCUT2D eigenvalue weighted by Crippen LogP contribution is 2.49. The van der Waals surface area contributed by atoms with Gasteiger partial charge in [-0.25, -0.2) is 4.98 Å². The smallest absolute Gasteiger partial charge is 0.183 e. The number of hydrogen-bond donors (Lipinski definition) is 1. The van der Waals surface area contributed by atoms with Crippen LogP contribution in [0.2, 0.25) is 0 Å². The Kier molecular flexibility index (Phi) is 2.89. The number of fused-ring (bicyclic) bond motifs is 2. The van der Waals surface area contributed by atoms with Crippen molar-refractivity contribution >= 4 is 16.5 Å². The first-order chi connectivity index (χ1) is 8.13. The Morgan fingerprint density at radius 2 is 2.12 bits per heavy atom. The molecule has 3 rings (SSSR count). The number of aryl methyl sites for hydroxylation is 2. The Bertz CT molecular complexity index is 393. The van der Waals surface area contributed by atoms with Crippen LogP contribution in [-0.2, 0) is 0 Å². The average Bonchev–Trinajstić information content (AvgIpc) is 2.95. The maximum Gasteiger partial charge on any atom is 0.183 e. The van der Waals surface area contributed by atoms with E-state index in [4.69, 9.17) is 0 Å². The molecule has 0 saturated heterocycles. The molecule has 2 saturated carbocycles. The van der Waals surface area contributed by atoms with Crippen molar-refractivity contribution in [1.29, 1.82) is 0 Å². The van der Waals surface area contributed by atoms with E-state index in [1.807, 2.05) is 0 Å². The molecule has 4 atom stereocenters. The molecule has 3 heteroatoms. The van der Waals surface area contributed by atoms with Crippen LogP contribution >= 0.6 is 11.3 Å². The van der Waals surface area contributed by atoms with Gasteiger partial charge in [-0.15, -0.1) is 11.3 Å². The van der Waals surface area contributed by atoms with Crippen molar-refractivity contribution in [3.05, 3.63) is 10.6 Å². The predicted molar refractivity (Wildman–Crippen MR) is 73.6 cm³/mol. The van der Waals surface area contributed by atoms with E-state index in [0.717, 1.165) is 22.9 Å². The second-order valence-corrected chi connectivity index (χ2v) is 7.14. The van der Waals surface area contributed by atoms with Crippen LogP contribution in [0.5, 0.6) is 0 Å². The predicted octanol–water partition coefficient (Wildman–Crippen LogP) is 4.00. The van der Waals surface area contributed by atoms with Crippen LogP contribution in [0.4, 0.5) is 5.13 Å². The van der Waals surface area contributed by atoms with E-state index in [1.54, 1.807) is 11.3 Å². The van der Waals surface area contributed by atoms with Crippen molar-refractivity contribution in [3.8, 4) is 0 Å². The summed E-state index contributed by atoms with van der Waals surface area (Å²) < 4.78 is 0. The van der Waals surface area contributed by atoms with E-state index < -0.39 is 0 Å². The molecule has 0 aromatic carbocycles. The molecule has 1 aromatic rings. The summed E-state index contributed by atoms with van der Waals surface area (Å²) in [4.78, 5) is 5.93. The summed E-state index contributed by atoms with van der Waals surface area (Å²) in [7, 11) is 0. The monoisotopic (exact) mass is 250 g/mol. The quantitative estimate of drug-likeness (QED) is 0.877. The molecule has 2 aliphatic rings. The summed E-state index contributed by atoms with van der Waals surface area (Å²) in [6.07, 6.45) is 5.90. The van der Waals surface area contributed by atoms with Crippen LogP contribution in [-0.4, -0.2) is 11.0 Å². The van der Waals surface area contributed by atoms with Crippen molar-refractivity contribution in [2.75, 3.05) is 5.32 Å². The molecule has 94 valence electrons. The first kappa shape index (κ1) is 11.5. The van der Waals surface area contributed by atoms with Crippen LogP contribution in [0, 0.1) is 31.6 Å². The first-order valence-electron chi connectivity index (χ1n) is 6.84. The zero-order chi connectivity index (χ0) is 12.0. The van der Waals surface area contributed by atoms with Gasteiger partial charge >= 0.3 is 0 Å². The number of thiazole rings is 1. The minimum atomic E-state index is 0.593. The fourth-order valence-corrected chi connectivity index (χ4v) is 4.65. The molecule has 2 nitrogen and oxygen atoms in total.